The maximum Gasteiger partial charge on any atom is 0.416 e. The summed E-state index contributed by atoms with van der Waals surface area (Å²) in [7, 11) is 4.42. The zero-order valence-corrected chi connectivity index (χ0v) is 22.0. The van der Waals surface area contributed by atoms with E-state index in [1.807, 2.05) is 12.1 Å². The summed E-state index contributed by atoms with van der Waals surface area (Å²) in [5.41, 5.74) is 0.135. The van der Waals surface area contributed by atoms with Crippen LogP contribution < -0.4 is 24.5 Å². The fourth-order valence-electron chi connectivity index (χ4n) is 4.45. The Balaban J connectivity index is 1.62. The Labute approximate surface area is 226 Å². The van der Waals surface area contributed by atoms with E-state index in [-0.39, 0.29) is 23.9 Å². The predicted octanol–water partition coefficient (Wildman–Crippen LogP) is 6.37. The molecule has 0 saturated carbocycles. The van der Waals surface area contributed by atoms with Crippen LogP contribution in [0.5, 0.6) is 23.0 Å². The molecule has 4 aromatic rings. The van der Waals surface area contributed by atoms with Gasteiger partial charge in [0.25, 0.3) is 5.56 Å². The van der Waals surface area contributed by atoms with Gasteiger partial charge >= 0.3 is 6.18 Å². The maximum absolute atomic E-state index is 14.1. The topological polar surface area (TPSA) is 68.2 Å². The molecule has 0 radical (unpaired) electrons. The van der Waals surface area contributed by atoms with Crippen LogP contribution in [0.4, 0.5) is 13.2 Å². The first-order chi connectivity index (χ1) is 18.7. The molecular weight excluding hydrogens is 535 g/mol. The van der Waals surface area contributed by atoms with Crippen molar-refractivity contribution in [2.75, 3.05) is 33.9 Å². The van der Waals surface area contributed by atoms with Crippen LogP contribution in [0.1, 0.15) is 11.8 Å². The van der Waals surface area contributed by atoms with Gasteiger partial charge in [0.05, 0.1) is 30.9 Å². The smallest absolute Gasteiger partial charge is 0.416 e. The third-order valence-corrected chi connectivity index (χ3v) is 7.42. The summed E-state index contributed by atoms with van der Waals surface area (Å²) < 4.78 is 68.2. The van der Waals surface area contributed by atoms with Gasteiger partial charge in [0.2, 0.25) is 6.79 Å². The maximum atomic E-state index is 14.1. The zero-order chi connectivity index (χ0) is 27.7. The first kappa shape index (κ1) is 26.8. The van der Waals surface area contributed by atoms with Gasteiger partial charge in [0, 0.05) is 23.3 Å². The molecule has 1 aromatic heterocycles. The third-order valence-electron chi connectivity index (χ3n) is 6.36. The van der Waals surface area contributed by atoms with Gasteiger partial charge < -0.3 is 23.7 Å². The van der Waals surface area contributed by atoms with E-state index in [1.165, 1.54) is 49.8 Å². The fourth-order valence-corrected chi connectivity index (χ4v) is 5.40. The molecule has 0 bridgehead atoms. The molecule has 39 heavy (non-hydrogen) atoms. The van der Waals surface area contributed by atoms with Crippen LogP contribution in [0.3, 0.4) is 0 Å². The number of alkyl halides is 3. The van der Waals surface area contributed by atoms with E-state index >= 15 is 0 Å². The van der Waals surface area contributed by atoms with Crippen molar-refractivity contribution < 1.29 is 36.9 Å². The Hall–Kier alpha value is -3.83. The number of pyridine rings is 1. The molecule has 2 heterocycles. The number of thioether (sulfide) groups is 1. The largest absolute Gasteiger partial charge is 0.493 e. The van der Waals surface area contributed by atoms with Crippen LogP contribution in [-0.2, 0) is 10.9 Å². The molecule has 0 amide bonds. The molecule has 204 valence electrons. The van der Waals surface area contributed by atoms with E-state index in [0.29, 0.717) is 44.2 Å². The summed E-state index contributed by atoms with van der Waals surface area (Å²) in [5, 5.41) is 0.940. The van der Waals surface area contributed by atoms with Crippen molar-refractivity contribution in [1.29, 1.82) is 0 Å². The van der Waals surface area contributed by atoms with Gasteiger partial charge in [-0.05, 0) is 60.0 Å². The quantitative estimate of drug-likeness (QED) is 0.233. The highest BCUT2D eigenvalue weighted by Crippen LogP contribution is 2.40. The minimum absolute atomic E-state index is 0.102. The van der Waals surface area contributed by atoms with Crippen molar-refractivity contribution in [3.8, 4) is 34.3 Å². The number of aromatic nitrogens is 1. The number of nitrogens with zero attached hydrogens (tertiary/aromatic N) is 1. The first-order valence-electron chi connectivity index (χ1n) is 11.8. The first-order valence-corrected chi connectivity index (χ1v) is 12.8. The lowest BCUT2D eigenvalue weighted by molar-refractivity contribution is -0.137. The van der Waals surface area contributed by atoms with Gasteiger partial charge in [0.15, 0.2) is 23.0 Å². The average Bonchev–Trinajstić information content (AvgIpc) is 3.41. The van der Waals surface area contributed by atoms with Gasteiger partial charge in [-0.25, -0.2) is 0 Å². The summed E-state index contributed by atoms with van der Waals surface area (Å²) in [6.45, 7) is 0.102. The van der Waals surface area contributed by atoms with Crippen LogP contribution in [0.15, 0.2) is 70.4 Å². The predicted molar refractivity (Wildman–Crippen MR) is 141 cm³/mol. The Morgan fingerprint density at radius 3 is 2.36 bits per heavy atom. The van der Waals surface area contributed by atoms with E-state index in [1.54, 1.807) is 24.3 Å². The number of hydrogen-bond donors (Lipinski definition) is 0. The van der Waals surface area contributed by atoms with Crippen LogP contribution in [0.2, 0.25) is 0 Å². The highest BCUT2D eigenvalue weighted by molar-refractivity contribution is 7.99. The Morgan fingerprint density at radius 1 is 0.949 bits per heavy atom. The van der Waals surface area contributed by atoms with E-state index in [4.69, 9.17) is 23.7 Å². The average molecular weight is 560 g/mol. The molecule has 1 aliphatic heterocycles. The van der Waals surface area contributed by atoms with Crippen LogP contribution in [0, 0.1) is 0 Å². The molecule has 0 fully saturated rings. The van der Waals surface area contributed by atoms with Crippen molar-refractivity contribution in [2.24, 2.45) is 0 Å². The minimum atomic E-state index is -4.42. The Morgan fingerprint density at radius 2 is 1.69 bits per heavy atom. The van der Waals surface area contributed by atoms with Gasteiger partial charge in [-0.1, -0.05) is 6.07 Å². The number of benzene rings is 3. The molecule has 0 aliphatic carbocycles. The minimum Gasteiger partial charge on any atom is -0.493 e. The molecule has 0 saturated heterocycles. The van der Waals surface area contributed by atoms with Crippen molar-refractivity contribution >= 4 is 22.5 Å². The zero-order valence-electron chi connectivity index (χ0n) is 21.2. The monoisotopic (exact) mass is 559 g/mol. The SMILES string of the molecule is COc1ccc2cc(-c3ccc4c(c3)OCO4)n(C(CSc3ccc(C(F)(F)F)cc3)OC)c(=O)c2c1OC. The van der Waals surface area contributed by atoms with Gasteiger partial charge in [-0.3, -0.25) is 9.36 Å². The van der Waals surface area contributed by atoms with Crippen molar-refractivity contribution in [2.45, 2.75) is 17.3 Å². The number of rotatable bonds is 8. The lowest BCUT2D eigenvalue weighted by Crippen LogP contribution is -2.29. The summed E-state index contributed by atoms with van der Waals surface area (Å²) in [4.78, 5) is 14.7. The fraction of sp³-hybridized carbons (Fsp3) is 0.250. The van der Waals surface area contributed by atoms with E-state index < -0.39 is 18.0 Å². The normalized spacial score (nSPS) is 13.5. The summed E-state index contributed by atoms with van der Waals surface area (Å²) >= 11 is 1.27. The number of halogens is 3. The Kier molecular flexibility index (Phi) is 7.37. The van der Waals surface area contributed by atoms with Gasteiger partial charge in [0.1, 0.15) is 6.23 Å². The number of methoxy groups -OCH3 is 3. The number of hydrogen-bond acceptors (Lipinski definition) is 7. The van der Waals surface area contributed by atoms with Crippen molar-refractivity contribution in [3.05, 3.63) is 76.6 Å². The highest BCUT2D eigenvalue weighted by atomic mass is 32.2. The van der Waals surface area contributed by atoms with Crippen LogP contribution >= 0.6 is 11.8 Å². The number of ether oxygens (including phenoxy) is 5. The lowest BCUT2D eigenvalue weighted by Gasteiger charge is -2.24. The van der Waals surface area contributed by atoms with E-state index in [2.05, 4.69) is 0 Å². The molecule has 1 unspecified atom stereocenters. The molecule has 3 aromatic carbocycles. The van der Waals surface area contributed by atoms with Gasteiger partial charge in [-0.15, -0.1) is 11.8 Å². The molecule has 0 spiro atoms. The summed E-state index contributed by atoms with van der Waals surface area (Å²) in [6, 6.07) is 15.6. The standard InChI is InChI=1S/C28H24F3NO6S/c1-34-22-11-5-17-12-20(16-4-10-21-23(13-16)38-15-37-21)32(27(33)25(17)26(22)36-3)24(35-2)14-39-19-8-6-18(7-9-19)28(29,30)31/h4-13,24H,14-15H2,1-3H3. The van der Waals surface area contributed by atoms with Crippen LogP contribution in [-0.4, -0.2) is 38.4 Å². The molecule has 7 nitrogen and oxygen atoms in total. The second kappa shape index (κ2) is 10.7. The second-order valence-corrected chi connectivity index (χ2v) is 9.65. The number of fused-ring (bicyclic) bond motifs is 2. The summed E-state index contributed by atoms with van der Waals surface area (Å²) in [6.07, 6.45) is -5.21. The highest BCUT2D eigenvalue weighted by Gasteiger charge is 2.30. The second-order valence-electron chi connectivity index (χ2n) is 8.56. The Bertz CT molecular complexity index is 1570. The lowest BCUT2D eigenvalue weighted by atomic mass is 10.0. The third kappa shape index (κ3) is 5.11. The van der Waals surface area contributed by atoms with Crippen molar-refractivity contribution in [1.82, 2.24) is 4.57 Å². The molecule has 0 N–H and O–H groups in total. The van der Waals surface area contributed by atoms with E-state index in [0.717, 1.165) is 12.1 Å². The molecular formula is C28H24F3NO6S. The molecule has 5 rings (SSSR count). The van der Waals surface area contributed by atoms with Gasteiger partial charge in [-0.2, -0.15) is 13.2 Å². The van der Waals surface area contributed by atoms with E-state index in [9.17, 15) is 18.0 Å². The molecule has 11 heteroatoms. The molecule has 1 atom stereocenters. The summed E-state index contributed by atoms with van der Waals surface area (Å²) in [5.74, 6) is 2.07. The van der Waals surface area contributed by atoms with Crippen molar-refractivity contribution in [3.63, 3.8) is 0 Å². The van der Waals surface area contributed by atoms with Crippen LogP contribution in [0.25, 0.3) is 22.0 Å². The molecule has 1 aliphatic rings.